The van der Waals surface area contributed by atoms with Gasteiger partial charge in [0.2, 0.25) is 0 Å². The molecule has 1 saturated heterocycles. The van der Waals surface area contributed by atoms with Gasteiger partial charge in [0.1, 0.15) is 12.2 Å². The zero-order valence-corrected chi connectivity index (χ0v) is 26.7. The van der Waals surface area contributed by atoms with E-state index < -0.39 is 6.10 Å². The van der Waals surface area contributed by atoms with Crippen LogP contribution in [0.1, 0.15) is 130 Å². The summed E-state index contributed by atoms with van der Waals surface area (Å²) < 4.78 is 11.7. The first-order valence-corrected chi connectivity index (χ1v) is 17.1. The molecule has 0 unspecified atom stereocenters. The number of cyclic esters (lactones) is 1. The van der Waals surface area contributed by atoms with Gasteiger partial charge in [-0.3, -0.25) is 9.59 Å². The van der Waals surface area contributed by atoms with Gasteiger partial charge in [-0.1, -0.05) is 95.4 Å². The maximum atomic E-state index is 12.9. The minimum Gasteiger partial charge on any atom is -0.462 e. The molecule has 1 fully saturated rings. The van der Waals surface area contributed by atoms with Crippen molar-refractivity contribution in [2.45, 2.75) is 148 Å². The Labute approximate surface area is 255 Å². The van der Waals surface area contributed by atoms with E-state index in [4.69, 9.17) is 9.47 Å². The number of fused-ring (bicyclic) bond motifs is 1. The minimum absolute atomic E-state index is 0.0654. The van der Waals surface area contributed by atoms with Crippen LogP contribution in [-0.2, 0) is 19.1 Å². The van der Waals surface area contributed by atoms with Gasteiger partial charge in [-0.2, -0.15) is 0 Å². The number of aliphatic hydroxyl groups excluding tert-OH is 1. The van der Waals surface area contributed by atoms with E-state index in [1.54, 1.807) is 0 Å². The van der Waals surface area contributed by atoms with E-state index in [1.165, 1.54) is 50.5 Å². The fraction of sp³-hybridized carbons (Fsp3) is 0.730. The lowest BCUT2D eigenvalue weighted by Crippen LogP contribution is -2.41. The Balaban J connectivity index is 1.35. The summed E-state index contributed by atoms with van der Waals surface area (Å²) in [4.78, 5) is 24.8. The molecule has 0 aromatic carbocycles. The van der Waals surface area contributed by atoms with Crippen molar-refractivity contribution >= 4 is 11.9 Å². The van der Waals surface area contributed by atoms with Crippen LogP contribution in [0.4, 0.5) is 0 Å². The highest BCUT2D eigenvalue weighted by molar-refractivity contribution is 5.71. The van der Waals surface area contributed by atoms with E-state index in [-0.39, 0.29) is 36.5 Å². The van der Waals surface area contributed by atoms with E-state index >= 15 is 0 Å². The molecule has 1 heterocycles. The van der Waals surface area contributed by atoms with Crippen molar-refractivity contribution < 1.29 is 24.2 Å². The van der Waals surface area contributed by atoms with Gasteiger partial charge in [0.15, 0.2) is 0 Å². The molecule has 0 bridgehead atoms. The fourth-order valence-corrected chi connectivity index (χ4v) is 6.95. The number of unbranched alkanes of at least 4 members (excludes halogenated alkanes) is 8. The van der Waals surface area contributed by atoms with Crippen molar-refractivity contribution in [3.8, 4) is 0 Å². The first-order chi connectivity index (χ1) is 20.4. The number of aliphatic hydroxyl groups is 1. The predicted octanol–water partition coefficient (Wildman–Crippen LogP) is 8.96. The average Bonchev–Trinajstić information content (AvgIpc) is 2.94. The molecule has 3 rings (SSSR count). The molecular formula is C37H58O5. The summed E-state index contributed by atoms with van der Waals surface area (Å²) in [6.07, 6.45) is 31.5. The molecule has 0 amide bonds. The van der Waals surface area contributed by atoms with Crippen LogP contribution in [0.5, 0.6) is 0 Å². The van der Waals surface area contributed by atoms with Gasteiger partial charge in [0, 0.05) is 18.8 Å². The van der Waals surface area contributed by atoms with Crippen molar-refractivity contribution in [2.24, 2.45) is 23.7 Å². The maximum absolute atomic E-state index is 12.9. The first-order valence-electron chi connectivity index (χ1n) is 17.1. The number of allylic oxidation sites excluding steroid dienone is 7. The number of hydrogen-bond acceptors (Lipinski definition) is 5. The molecule has 3 aliphatic rings. The lowest BCUT2D eigenvalue weighted by molar-refractivity contribution is -0.161. The highest BCUT2D eigenvalue weighted by Gasteiger charge is 2.41. The Morgan fingerprint density at radius 3 is 2.43 bits per heavy atom. The Morgan fingerprint density at radius 2 is 1.69 bits per heavy atom. The second kappa shape index (κ2) is 19.2. The van der Waals surface area contributed by atoms with Gasteiger partial charge in [-0.05, 0) is 81.1 Å². The summed E-state index contributed by atoms with van der Waals surface area (Å²) in [6.45, 7) is 6.68. The van der Waals surface area contributed by atoms with Crippen LogP contribution in [0.2, 0.25) is 0 Å². The van der Waals surface area contributed by atoms with Gasteiger partial charge < -0.3 is 14.6 Å². The largest absolute Gasteiger partial charge is 0.462 e. The molecular weight excluding hydrogens is 524 g/mol. The number of hydrogen-bond donors (Lipinski definition) is 1. The summed E-state index contributed by atoms with van der Waals surface area (Å²) in [5.41, 5.74) is 1.28. The molecule has 5 heteroatoms. The lowest BCUT2D eigenvalue weighted by atomic mass is 9.65. The number of carbonyl (C=O) groups is 2. The Morgan fingerprint density at radius 1 is 0.976 bits per heavy atom. The van der Waals surface area contributed by atoms with Crippen LogP contribution < -0.4 is 0 Å². The minimum atomic E-state index is -0.603. The molecule has 0 radical (unpaired) electrons. The molecule has 236 valence electrons. The molecule has 0 saturated carbocycles. The molecule has 0 aromatic heterocycles. The Kier molecular flexibility index (Phi) is 15.7. The smallest absolute Gasteiger partial charge is 0.308 e. The quantitative estimate of drug-likeness (QED) is 0.0992. The third-order valence-electron chi connectivity index (χ3n) is 9.27. The van der Waals surface area contributed by atoms with E-state index in [0.717, 1.165) is 44.9 Å². The Bertz CT molecular complexity index is 930. The molecule has 5 nitrogen and oxygen atoms in total. The van der Waals surface area contributed by atoms with Gasteiger partial charge >= 0.3 is 11.9 Å². The van der Waals surface area contributed by atoms with E-state index in [2.05, 4.69) is 63.3 Å². The fourth-order valence-electron chi connectivity index (χ4n) is 6.95. The Hall–Kier alpha value is -2.14. The normalized spacial score (nSPS) is 29.5. The second-order valence-corrected chi connectivity index (χ2v) is 13.1. The summed E-state index contributed by atoms with van der Waals surface area (Å²) >= 11 is 0. The third kappa shape index (κ3) is 12.2. The molecule has 7 atom stereocenters. The highest BCUT2D eigenvalue weighted by Crippen LogP contribution is 2.45. The van der Waals surface area contributed by atoms with Gasteiger partial charge in [0.25, 0.3) is 0 Å². The monoisotopic (exact) mass is 582 g/mol. The topological polar surface area (TPSA) is 72.8 Å². The maximum Gasteiger partial charge on any atom is 0.308 e. The predicted molar refractivity (Wildman–Crippen MR) is 171 cm³/mol. The molecule has 1 N–H and O–H groups in total. The molecule has 2 aliphatic carbocycles. The molecule has 42 heavy (non-hydrogen) atoms. The second-order valence-electron chi connectivity index (χ2n) is 13.1. The summed E-state index contributed by atoms with van der Waals surface area (Å²) in [7, 11) is 0. The van der Waals surface area contributed by atoms with Crippen LogP contribution in [-0.4, -0.2) is 35.4 Å². The molecule has 0 aromatic rings. The summed E-state index contributed by atoms with van der Waals surface area (Å²) in [6, 6.07) is 0. The van der Waals surface area contributed by atoms with Crippen molar-refractivity contribution in [2.75, 3.05) is 0 Å². The average molecular weight is 583 g/mol. The van der Waals surface area contributed by atoms with Crippen molar-refractivity contribution in [1.29, 1.82) is 0 Å². The summed E-state index contributed by atoms with van der Waals surface area (Å²) in [5.74, 6) is 0.858. The van der Waals surface area contributed by atoms with Crippen molar-refractivity contribution in [1.82, 2.24) is 0 Å². The SMILES string of the molecule is CCCCC/C=C\C/C=C\CCCCCCCC(=O)O[C@H]1C[C@@H](C)C=C2C=C[C@H](C)[C@H](CC[C@@H]3C[C@@H](O)CC(=O)O3)[C@H]21. The molecule has 1 aliphatic heterocycles. The zero-order chi connectivity index (χ0) is 30.2. The number of esters is 2. The van der Waals surface area contributed by atoms with Crippen LogP contribution in [0.3, 0.4) is 0 Å². The van der Waals surface area contributed by atoms with Crippen LogP contribution in [0, 0.1) is 23.7 Å². The van der Waals surface area contributed by atoms with E-state index in [1.807, 2.05) is 0 Å². The van der Waals surface area contributed by atoms with Crippen LogP contribution >= 0.6 is 0 Å². The van der Waals surface area contributed by atoms with Crippen molar-refractivity contribution in [3.63, 3.8) is 0 Å². The zero-order valence-electron chi connectivity index (χ0n) is 26.7. The third-order valence-corrected chi connectivity index (χ3v) is 9.27. The van der Waals surface area contributed by atoms with Gasteiger partial charge in [-0.25, -0.2) is 0 Å². The number of rotatable bonds is 18. The number of carbonyl (C=O) groups excluding carboxylic acids is 2. The number of ether oxygens (including phenoxy) is 2. The van der Waals surface area contributed by atoms with Crippen LogP contribution in [0.25, 0.3) is 0 Å². The summed E-state index contributed by atoms with van der Waals surface area (Å²) in [5, 5.41) is 10.0. The van der Waals surface area contributed by atoms with E-state index in [0.29, 0.717) is 30.6 Å². The first kappa shape index (κ1) is 34.4. The van der Waals surface area contributed by atoms with Crippen molar-refractivity contribution in [3.05, 3.63) is 48.1 Å². The lowest BCUT2D eigenvalue weighted by Gasteiger charge is -2.43. The highest BCUT2D eigenvalue weighted by atomic mass is 16.5. The van der Waals surface area contributed by atoms with Crippen LogP contribution in [0.15, 0.2) is 48.1 Å². The van der Waals surface area contributed by atoms with E-state index in [9.17, 15) is 14.7 Å². The standard InChI is InChI=1S/C37H58O5/c1-4-5-6-7-8-9-10-11-12-13-14-15-16-17-18-19-35(39)42-34-25-28(2)24-30-21-20-29(3)33(37(30)34)23-22-32-26-31(38)27-36(40)41-32/h8-9,11-12,20-21,24,28-29,31-34,37-38H,4-7,10,13-19,22-23,25-27H2,1-3H3/b9-8-,12-11-/t28-,29-,31+,32+,33-,34-,37-/m0/s1. The molecule has 0 spiro atoms. The van der Waals surface area contributed by atoms with Gasteiger partial charge in [-0.15, -0.1) is 0 Å². The van der Waals surface area contributed by atoms with Gasteiger partial charge in [0.05, 0.1) is 12.5 Å².